The lowest BCUT2D eigenvalue weighted by Gasteiger charge is -2.31. The maximum Gasteiger partial charge on any atom is 0.343 e. The summed E-state index contributed by atoms with van der Waals surface area (Å²) in [6.07, 6.45) is -0.734. The monoisotopic (exact) mass is 264 g/mol. The van der Waals surface area contributed by atoms with E-state index in [0.29, 0.717) is 17.1 Å². The highest BCUT2D eigenvalue weighted by Gasteiger charge is 2.47. The van der Waals surface area contributed by atoms with Gasteiger partial charge in [0.2, 0.25) is 6.29 Å². The van der Waals surface area contributed by atoms with Crippen molar-refractivity contribution in [1.29, 1.82) is 0 Å². The van der Waals surface area contributed by atoms with E-state index in [2.05, 4.69) is 0 Å². The van der Waals surface area contributed by atoms with Crippen molar-refractivity contribution in [3.05, 3.63) is 27.8 Å². The summed E-state index contributed by atoms with van der Waals surface area (Å²) in [5.41, 5.74) is 0.00746. The van der Waals surface area contributed by atoms with E-state index in [9.17, 15) is 9.59 Å². The number of carbonyl (C=O) groups is 1. The number of Topliss-reactive ketones (excluding diaryl/α,β-unsaturated/α-hetero) is 1. The van der Waals surface area contributed by atoms with Gasteiger partial charge in [-0.2, -0.15) is 0 Å². The number of rotatable bonds is 1. The molecular formula is C14H16O5. The Kier molecular flexibility index (Phi) is 2.74. The van der Waals surface area contributed by atoms with Crippen LogP contribution in [0.3, 0.4) is 0 Å². The third-order valence-electron chi connectivity index (χ3n) is 3.64. The van der Waals surface area contributed by atoms with Crippen LogP contribution in [0.1, 0.15) is 37.5 Å². The van der Waals surface area contributed by atoms with Crippen molar-refractivity contribution in [3.8, 4) is 5.75 Å². The Morgan fingerprint density at radius 2 is 2.05 bits per heavy atom. The van der Waals surface area contributed by atoms with Crippen molar-refractivity contribution < 1.29 is 18.7 Å². The smallest absolute Gasteiger partial charge is 0.343 e. The van der Waals surface area contributed by atoms with Crippen molar-refractivity contribution in [1.82, 2.24) is 0 Å². The molecule has 3 atom stereocenters. The second kappa shape index (κ2) is 4.20. The molecule has 1 saturated heterocycles. The lowest BCUT2D eigenvalue weighted by molar-refractivity contribution is -0.175. The molecule has 0 bridgehead atoms. The van der Waals surface area contributed by atoms with E-state index in [4.69, 9.17) is 13.9 Å². The zero-order valence-electron chi connectivity index (χ0n) is 11.1. The van der Waals surface area contributed by atoms with Gasteiger partial charge in [-0.1, -0.05) is 13.8 Å². The minimum atomic E-state index is -0.551. The molecule has 0 N–H and O–H groups in total. The standard InChI is InChI=1S/C14H16O5/c1-6(2)12-9(15)5-8-11-10(18-14(8)19-12)4-7(3)17-13(11)16/h4,6,8,12,14H,5H2,1-3H3/t8-,12-,14-/m0/s1. The second-order valence-electron chi connectivity index (χ2n) is 5.49. The fourth-order valence-electron chi connectivity index (χ4n) is 2.77. The fraction of sp³-hybridized carbons (Fsp3) is 0.571. The van der Waals surface area contributed by atoms with Gasteiger partial charge in [0.1, 0.15) is 17.6 Å². The molecule has 3 rings (SSSR count). The zero-order chi connectivity index (χ0) is 13.7. The Labute approximate surface area is 110 Å². The molecular weight excluding hydrogens is 248 g/mol. The summed E-state index contributed by atoms with van der Waals surface area (Å²) in [4.78, 5) is 23.9. The van der Waals surface area contributed by atoms with Gasteiger partial charge in [0, 0.05) is 12.5 Å². The summed E-state index contributed by atoms with van der Waals surface area (Å²) in [7, 11) is 0. The average molecular weight is 264 g/mol. The molecule has 0 radical (unpaired) electrons. The molecule has 0 amide bonds. The molecule has 102 valence electrons. The molecule has 3 heterocycles. The number of hydrogen-bond acceptors (Lipinski definition) is 5. The SMILES string of the molecule is Cc1cc2c(c(=O)o1)[C@@H]1CC(=O)[C@H](C(C)C)O[C@@H]1O2. The lowest BCUT2D eigenvalue weighted by Crippen LogP contribution is -2.43. The minimum absolute atomic E-state index is 0.0210. The van der Waals surface area contributed by atoms with Crippen molar-refractivity contribution in [2.45, 2.75) is 45.5 Å². The van der Waals surface area contributed by atoms with Crippen LogP contribution in [0, 0.1) is 12.8 Å². The first-order valence-electron chi connectivity index (χ1n) is 6.47. The first kappa shape index (κ1) is 12.4. The van der Waals surface area contributed by atoms with Gasteiger partial charge in [-0.25, -0.2) is 4.79 Å². The molecule has 2 aliphatic rings. The normalized spacial score (nSPS) is 29.1. The maximum atomic E-state index is 12.1. The van der Waals surface area contributed by atoms with Gasteiger partial charge in [0.05, 0.1) is 11.5 Å². The largest absolute Gasteiger partial charge is 0.464 e. The Bertz CT molecular complexity index is 586. The first-order chi connectivity index (χ1) is 8.97. The van der Waals surface area contributed by atoms with Gasteiger partial charge in [-0.15, -0.1) is 0 Å². The summed E-state index contributed by atoms with van der Waals surface area (Å²) in [6.45, 7) is 5.56. The summed E-state index contributed by atoms with van der Waals surface area (Å²) in [5, 5.41) is 0. The summed E-state index contributed by atoms with van der Waals surface area (Å²) in [5.74, 6) is 0.760. The van der Waals surface area contributed by atoms with Crippen molar-refractivity contribution in [3.63, 3.8) is 0 Å². The van der Waals surface area contributed by atoms with Gasteiger partial charge in [-0.05, 0) is 12.8 Å². The number of carbonyl (C=O) groups excluding carboxylic acids is 1. The highest BCUT2D eigenvalue weighted by Crippen LogP contribution is 2.43. The predicted molar refractivity (Wildman–Crippen MR) is 66.2 cm³/mol. The van der Waals surface area contributed by atoms with Gasteiger partial charge >= 0.3 is 5.63 Å². The molecule has 5 heteroatoms. The maximum absolute atomic E-state index is 12.1. The predicted octanol–water partition coefficient (Wildman–Crippen LogP) is 1.76. The van der Waals surface area contributed by atoms with Crippen LogP contribution >= 0.6 is 0 Å². The van der Waals surface area contributed by atoms with Crippen LogP contribution in [-0.2, 0) is 9.53 Å². The van der Waals surface area contributed by atoms with Gasteiger partial charge in [0.25, 0.3) is 0 Å². The van der Waals surface area contributed by atoms with Crippen molar-refractivity contribution >= 4 is 5.78 Å². The molecule has 0 aromatic carbocycles. The molecule has 5 nitrogen and oxygen atoms in total. The topological polar surface area (TPSA) is 65.7 Å². The molecule has 19 heavy (non-hydrogen) atoms. The molecule has 1 fully saturated rings. The number of fused-ring (bicyclic) bond motifs is 3. The van der Waals surface area contributed by atoms with Gasteiger partial charge in [-0.3, -0.25) is 4.79 Å². The third kappa shape index (κ3) is 1.89. The highest BCUT2D eigenvalue weighted by atomic mass is 16.7. The van der Waals surface area contributed by atoms with Crippen molar-refractivity contribution in [2.75, 3.05) is 0 Å². The van der Waals surface area contributed by atoms with Crippen LogP contribution in [0.2, 0.25) is 0 Å². The van der Waals surface area contributed by atoms with E-state index in [-0.39, 0.29) is 24.0 Å². The van der Waals surface area contributed by atoms with E-state index in [1.807, 2.05) is 13.8 Å². The highest BCUT2D eigenvalue weighted by molar-refractivity contribution is 5.85. The molecule has 1 aromatic heterocycles. The quantitative estimate of drug-likeness (QED) is 0.773. The van der Waals surface area contributed by atoms with E-state index >= 15 is 0 Å². The molecule has 0 aliphatic carbocycles. The fourth-order valence-corrected chi connectivity index (χ4v) is 2.77. The summed E-state index contributed by atoms with van der Waals surface area (Å²) < 4.78 is 16.5. The Morgan fingerprint density at radius 3 is 2.74 bits per heavy atom. The van der Waals surface area contributed by atoms with Crippen LogP contribution in [0.25, 0.3) is 0 Å². The van der Waals surface area contributed by atoms with Crippen LogP contribution in [-0.4, -0.2) is 18.2 Å². The lowest BCUT2D eigenvalue weighted by atomic mass is 9.88. The molecule has 2 aliphatic heterocycles. The Hall–Kier alpha value is -1.62. The zero-order valence-corrected chi connectivity index (χ0v) is 11.1. The van der Waals surface area contributed by atoms with Crippen LogP contribution in [0.4, 0.5) is 0 Å². The van der Waals surface area contributed by atoms with Crippen LogP contribution in [0.15, 0.2) is 15.3 Å². The van der Waals surface area contributed by atoms with E-state index in [1.165, 1.54) is 0 Å². The van der Waals surface area contributed by atoms with Crippen LogP contribution < -0.4 is 10.4 Å². The number of ketones is 1. The number of ether oxygens (including phenoxy) is 2. The Balaban J connectivity index is 1.98. The average Bonchev–Trinajstić information content (AvgIpc) is 2.64. The molecule has 0 spiro atoms. The molecule has 1 aromatic rings. The summed E-state index contributed by atoms with van der Waals surface area (Å²) >= 11 is 0. The van der Waals surface area contributed by atoms with E-state index in [1.54, 1.807) is 13.0 Å². The van der Waals surface area contributed by atoms with E-state index in [0.717, 1.165) is 0 Å². The first-order valence-corrected chi connectivity index (χ1v) is 6.47. The summed E-state index contributed by atoms with van der Waals surface area (Å²) in [6, 6.07) is 1.67. The molecule has 0 unspecified atom stereocenters. The number of aryl methyl sites for hydroxylation is 1. The van der Waals surface area contributed by atoms with Gasteiger partial charge in [0.15, 0.2) is 5.78 Å². The number of hydrogen-bond donors (Lipinski definition) is 0. The van der Waals surface area contributed by atoms with Crippen molar-refractivity contribution in [2.24, 2.45) is 5.92 Å². The van der Waals surface area contributed by atoms with Gasteiger partial charge < -0.3 is 13.9 Å². The second-order valence-corrected chi connectivity index (χ2v) is 5.49. The molecule has 0 saturated carbocycles. The van der Waals surface area contributed by atoms with Crippen LogP contribution in [0.5, 0.6) is 5.75 Å². The minimum Gasteiger partial charge on any atom is -0.464 e. The Morgan fingerprint density at radius 1 is 1.32 bits per heavy atom. The van der Waals surface area contributed by atoms with E-state index < -0.39 is 18.0 Å². The third-order valence-corrected chi connectivity index (χ3v) is 3.64.